The molecule has 0 amide bonds. The van der Waals surface area contributed by atoms with Gasteiger partial charge in [-0.05, 0) is 14.1 Å². The maximum absolute atomic E-state index is 11.8. The van der Waals surface area contributed by atoms with Gasteiger partial charge in [0.2, 0.25) is 0 Å². The van der Waals surface area contributed by atoms with Gasteiger partial charge in [0, 0.05) is 19.6 Å². The molecule has 0 heterocycles. The molecule has 0 spiro atoms. The van der Waals surface area contributed by atoms with E-state index in [-0.39, 0.29) is 6.54 Å². The third kappa shape index (κ3) is 7.55. The van der Waals surface area contributed by atoms with E-state index in [1.807, 2.05) is 0 Å². The quantitative estimate of drug-likeness (QED) is 0.571. The third-order valence-electron chi connectivity index (χ3n) is 1.67. The molecule has 3 N–H and O–H groups in total. The number of halogens is 3. The van der Waals surface area contributed by atoms with Crippen LogP contribution in [0.3, 0.4) is 0 Å². The van der Waals surface area contributed by atoms with Gasteiger partial charge < -0.3 is 20.4 Å². The number of alkyl halides is 3. The fourth-order valence-electron chi connectivity index (χ4n) is 0.988. The molecule has 0 aromatic carbocycles. The molecule has 0 aromatic heterocycles. The summed E-state index contributed by atoms with van der Waals surface area (Å²) in [5, 5.41) is 20.2. The summed E-state index contributed by atoms with van der Waals surface area (Å²) in [6.07, 6.45) is -7.75. The SMILES string of the molecule is CN(C)CC(O)CNCC(O)C(F)(F)F. The predicted molar refractivity (Wildman–Crippen MR) is 49.5 cm³/mol. The topological polar surface area (TPSA) is 55.7 Å². The Bertz CT molecular complexity index is 176. The average Bonchev–Trinajstić information content (AvgIpc) is 2.00. The van der Waals surface area contributed by atoms with E-state index in [2.05, 4.69) is 5.32 Å². The maximum atomic E-state index is 11.8. The van der Waals surface area contributed by atoms with Crippen molar-refractivity contribution in [3.05, 3.63) is 0 Å². The lowest BCUT2D eigenvalue weighted by molar-refractivity contribution is -0.202. The van der Waals surface area contributed by atoms with Crippen LogP contribution in [-0.4, -0.2) is 67.2 Å². The Balaban J connectivity index is 3.62. The van der Waals surface area contributed by atoms with Gasteiger partial charge in [0.15, 0.2) is 6.10 Å². The van der Waals surface area contributed by atoms with Crippen LogP contribution in [0.25, 0.3) is 0 Å². The number of hydrogen-bond acceptors (Lipinski definition) is 4. The highest BCUT2D eigenvalue weighted by atomic mass is 19.4. The van der Waals surface area contributed by atoms with Crippen molar-refractivity contribution in [2.75, 3.05) is 33.7 Å². The second-order valence-electron chi connectivity index (χ2n) is 3.63. The van der Waals surface area contributed by atoms with E-state index < -0.39 is 24.9 Å². The second kappa shape index (κ2) is 6.26. The number of likely N-dealkylation sites (N-methyl/N-ethyl adjacent to an activating group) is 1. The van der Waals surface area contributed by atoms with Crippen molar-refractivity contribution >= 4 is 0 Å². The molecule has 4 nitrogen and oxygen atoms in total. The number of nitrogens with one attached hydrogen (secondary N) is 1. The van der Waals surface area contributed by atoms with Gasteiger partial charge in [-0.25, -0.2) is 0 Å². The van der Waals surface area contributed by atoms with Gasteiger partial charge in [-0.2, -0.15) is 13.2 Å². The van der Waals surface area contributed by atoms with Crippen molar-refractivity contribution < 1.29 is 23.4 Å². The van der Waals surface area contributed by atoms with Crippen LogP contribution in [0.15, 0.2) is 0 Å². The summed E-state index contributed by atoms with van der Waals surface area (Å²) in [6.45, 7) is -0.228. The summed E-state index contributed by atoms with van der Waals surface area (Å²) in [5.41, 5.74) is 0. The maximum Gasteiger partial charge on any atom is 0.415 e. The van der Waals surface area contributed by atoms with Crippen molar-refractivity contribution in [2.24, 2.45) is 0 Å². The van der Waals surface area contributed by atoms with Gasteiger partial charge in [-0.15, -0.1) is 0 Å². The minimum absolute atomic E-state index is 0.0192. The van der Waals surface area contributed by atoms with Crippen LogP contribution < -0.4 is 5.32 Å². The van der Waals surface area contributed by atoms with Gasteiger partial charge in [-0.1, -0.05) is 0 Å². The zero-order valence-electron chi connectivity index (χ0n) is 8.75. The third-order valence-corrected chi connectivity index (χ3v) is 1.67. The molecule has 15 heavy (non-hydrogen) atoms. The molecular weight excluding hydrogens is 213 g/mol. The van der Waals surface area contributed by atoms with Gasteiger partial charge in [0.05, 0.1) is 6.10 Å². The first kappa shape index (κ1) is 14.6. The Hall–Kier alpha value is -0.370. The molecule has 0 bridgehead atoms. The molecule has 0 radical (unpaired) electrons. The second-order valence-corrected chi connectivity index (χ2v) is 3.63. The number of rotatable bonds is 6. The van der Waals surface area contributed by atoms with Crippen LogP contribution in [0.4, 0.5) is 13.2 Å². The van der Waals surface area contributed by atoms with Crippen LogP contribution in [-0.2, 0) is 0 Å². The van der Waals surface area contributed by atoms with Gasteiger partial charge in [-0.3, -0.25) is 0 Å². The summed E-state index contributed by atoms with van der Waals surface area (Å²) >= 11 is 0. The Kier molecular flexibility index (Phi) is 6.11. The van der Waals surface area contributed by atoms with E-state index >= 15 is 0 Å². The molecule has 0 aliphatic rings. The molecule has 92 valence electrons. The van der Waals surface area contributed by atoms with Crippen LogP contribution >= 0.6 is 0 Å². The minimum Gasteiger partial charge on any atom is -0.390 e. The summed E-state index contributed by atoms with van der Waals surface area (Å²) in [5.74, 6) is 0. The van der Waals surface area contributed by atoms with E-state index in [9.17, 15) is 18.3 Å². The van der Waals surface area contributed by atoms with Crippen molar-refractivity contribution in [1.29, 1.82) is 0 Å². The summed E-state index contributed by atoms with van der Waals surface area (Å²) < 4.78 is 35.5. The van der Waals surface area contributed by atoms with Crippen LogP contribution in [0.2, 0.25) is 0 Å². The highest BCUT2D eigenvalue weighted by Gasteiger charge is 2.37. The molecule has 0 saturated carbocycles. The molecule has 0 aliphatic carbocycles. The van der Waals surface area contributed by atoms with Crippen molar-refractivity contribution in [3.8, 4) is 0 Å². The fraction of sp³-hybridized carbons (Fsp3) is 1.00. The molecule has 0 fully saturated rings. The van der Waals surface area contributed by atoms with Gasteiger partial charge in [0.25, 0.3) is 0 Å². The van der Waals surface area contributed by atoms with Crippen molar-refractivity contribution in [1.82, 2.24) is 10.2 Å². The number of aliphatic hydroxyl groups is 2. The molecule has 0 rings (SSSR count). The lowest BCUT2D eigenvalue weighted by Crippen LogP contribution is -2.42. The highest BCUT2D eigenvalue weighted by Crippen LogP contribution is 2.18. The highest BCUT2D eigenvalue weighted by molar-refractivity contribution is 4.70. The number of nitrogens with zero attached hydrogens (tertiary/aromatic N) is 1. The molecule has 0 aromatic rings. The van der Waals surface area contributed by atoms with E-state index in [1.165, 1.54) is 0 Å². The molecule has 2 unspecified atom stereocenters. The molecule has 0 saturated heterocycles. The van der Waals surface area contributed by atoms with Gasteiger partial charge >= 0.3 is 6.18 Å². The Morgan fingerprint density at radius 2 is 1.73 bits per heavy atom. The number of aliphatic hydroxyl groups excluding tert-OH is 2. The largest absolute Gasteiger partial charge is 0.415 e. The van der Waals surface area contributed by atoms with Crippen molar-refractivity contribution in [3.63, 3.8) is 0 Å². The molecule has 7 heteroatoms. The standard InChI is InChI=1S/C8H17F3N2O2/c1-13(2)5-6(14)3-12-4-7(15)8(9,10)11/h6-7,12,14-15H,3-5H2,1-2H3. The minimum atomic E-state index is -4.61. The molecular formula is C8H17F3N2O2. The predicted octanol–water partition coefficient (Wildman–Crippen LogP) is -0.578. The first-order valence-electron chi connectivity index (χ1n) is 4.51. The summed E-state index contributed by atoms with van der Waals surface area (Å²) in [6, 6.07) is 0. The Morgan fingerprint density at radius 3 is 2.13 bits per heavy atom. The lowest BCUT2D eigenvalue weighted by Gasteiger charge is -2.18. The smallest absolute Gasteiger partial charge is 0.390 e. The zero-order valence-corrected chi connectivity index (χ0v) is 8.75. The van der Waals surface area contributed by atoms with E-state index in [0.717, 1.165) is 0 Å². The lowest BCUT2D eigenvalue weighted by atomic mass is 10.3. The Morgan fingerprint density at radius 1 is 1.20 bits per heavy atom. The summed E-state index contributed by atoms with van der Waals surface area (Å²) in [4.78, 5) is 1.71. The first-order chi connectivity index (χ1) is 6.73. The Labute approximate surface area is 86.7 Å². The van der Waals surface area contributed by atoms with Crippen molar-refractivity contribution in [2.45, 2.75) is 18.4 Å². The fourth-order valence-corrected chi connectivity index (χ4v) is 0.988. The summed E-state index contributed by atoms with van der Waals surface area (Å²) in [7, 11) is 3.49. The van der Waals surface area contributed by atoms with E-state index in [1.54, 1.807) is 19.0 Å². The zero-order chi connectivity index (χ0) is 12.1. The van der Waals surface area contributed by atoms with Crippen LogP contribution in [0.1, 0.15) is 0 Å². The number of hydrogen-bond donors (Lipinski definition) is 3. The van der Waals surface area contributed by atoms with E-state index in [4.69, 9.17) is 5.11 Å². The molecule has 0 aliphatic heterocycles. The van der Waals surface area contributed by atoms with Crippen LogP contribution in [0.5, 0.6) is 0 Å². The molecule has 2 atom stereocenters. The van der Waals surface area contributed by atoms with E-state index in [0.29, 0.717) is 6.54 Å². The first-order valence-corrected chi connectivity index (χ1v) is 4.51. The van der Waals surface area contributed by atoms with Gasteiger partial charge in [0.1, 0.15) is 0 Å². The normalized spacial score (nSPS) is 16.8. The monoisotopic (exact) mass is 230 g/mol. The van der Waals surface area contributed by atoms with Crippen LogP contribution in [0, 0.1) is 0 Å². The average molecular weight is 230 g/mol.